The van der Waals surface area contributed by atoms with E-state index in [4.69, 9.17) is 0 Å². The van der Waals surface area contributed by atoms with Gasteiger partial charge in [0.15, 0.2) is 0 Å². The van der Waals surface area contributed by atoms with Gasteiger partial charge in [0, 0.05) is 19.6 Å². The molecule has 1 atom stereocenters. The first kappa shape index (κ1) is 12.5. The molecule has 1 heterocycles. The molecule has 15 heavy (non-hydrogen) atoms. The van der Waals surface area contributed by atoms with Gasteiger partial charge in [-0.1, -0.05) is 0 Å². The highest BCUT2D eigenvalue weighted by molar-refractivity contribution is 5.81. The molecule has 1 fully saturated rings. The molecule has 4 nitrogen and oxygen atoms in total. The van der Waals surface area contributed by atoms with Gasteiger partial charge in [-0.05, 0) is 33.6 Å². The fraction of sp³-hybridized carbons (Fsp3) is 0.909. The van der Waals surface area contributed by atoms with Gasteiger partial charge in [0.05, 0.1) is 11.6 Å². The molecule has 0 spiro atoms. The van der Waals surface area contributed by atoms with Gasteiger partial charge in [-0.3, -0.25) is 4.79 Å². The van der Waals surface area contributed by atoms with Crippen molar-refractivity contribution in [2.75, 3.05) is 19.6 Å². The number of nitrogens with one attached hydrogen (secondary N) is 1. The summed E-state index contributed by atoms with van der Waals surface area (Å²) < 4.78 is 0. The molecule has 0 bridgehead atoms. The minimum absolute atomic E-state index is 0.150. The van der Waals surface area contributed by atoms with Gasteiger partial charge in [0.1, 0.15) is 0 Å². The predicted octanol–water partition coefficient (Wildman–Crippen LogP) is 0.358. The van der Waals surface area contributed by atoms with Crippen molar-refractivity contribution in [2.24, 2.45) is 0 Å². The number of carbonyl (C=O) groups is 1. The summed E-state index contributed by atoms with van der Waals surface area (Å²) in [5.74, 6) is 0.150. The van der Waals surface area contributed by atoms with Gasteiger partial charge >= 0.3 is 0 Å². The highest BCUT2D eigenvalue weighted by atomic mass is 16.3. The van der Waals surface area contributed by atoms with Crippen LogP contribution in [0, 0.1) is 0 Å². The lowest BCUT2D eigenvalue weighted by molar-refractivity contribution is -0.132. The molecule has 1 rings (SSSR count). The third-order valence-electron chi connectivity index (χ3n) is 2.63. The second-order valence-electron chi connectivity index (χ2n) is 4.95. The van der Waals surface area contributed by atoms with E-state index in [1.165, 1.54) is 0 Å². The van der Waals surface area contributed by atoms with Crippen LogP contribution in [0.25, 0.3) is 0 Å². The summed E-state index contributed by atoms with van der Waals surface area (Å²) >= 11 is 0. The van der Waals surface area contributed by atoms with Crippen LogP contribution in [0.1, 0.15) is 33.6 Å². The van der Waals surface area contributed by atoms with E-state index in [0.717, 1.165) is 25.9 Å². The van der Waals surface area contributed by atoms with E-state index in [9.17, 15) is 9.90 Å². The SMILES string of the molecule is CC(NCC(C)(C)O)C(=O)N1CCCC1. The Labute approximate surface area is 91.6 Å². The van der Waals surface area contributed by atoms with Gasteiger partial charge < -0.3 is 15.3 Å². The van der Waals surface area contributed by atoms with Gasteiger partial charge in [-0.25, -0.2) is 0 Å². The highest BCUT2D eigenvalue weighted by Gasteiger charge is 2.24. The van der Waals surface area contributed by atoms with Gasteiger partial charge in [-0.15, -0.1) is 0 Å². The molecule has 1 unspecified atom stereocenters. The molecule has 1 saturated heterocycles. The summed E-state index contributed by atoms with van der Waals surface area (Å²) in [6, 6.07) is -0.200. The van der Waals surface area contributed by atoms with E-state index in [1.807, 2.05) is 11.8 Å². The van der Waals surface area contributed by atoms with Crippen LogP contribution in [0.15, 0.2) is 0 Å². The second-order valence-corrected chi connectivity index (χ2v) is 4.95. The second kappa shape index (κ2) is 4.94. The Kier molecular flexibility index (Phi) is 4.11. The lowest BCUT2D eigenvalue weighted by atomic mass is 10.1. The molecule has 1 aliphatic rings. The smallest absolute Gasteiger partial charge is 0.239 e. The molecule has 2 N–H and O–H groups in total. The molecule has 88 valence electrons. The number of rotatable bonds is 4. The summed E-state index contributed by atoms with van der Waals surface area (Å²) in [6.45, 7) is 7.51. The zero-order valence-corrected chi connectivity index (χ0v) is 9.92. The Morgan fingerprint density at radius 2 is 2.00 bits per heavy atom. The van der Waals surface area contributed by atoms with Crippen LogP contribution >= 0.6 is 0 Å². The lowest BCUT2D eigenvalue weighted by Crippen LogP contribution is -2.47. The van der Waals surface area contributed by atoms with Crippen molar-refractivity contribution in [3.05, 3.63) is 0 Å². The van der Waals surface area contributed by atoms with Crippen molar-refractivity contribution in [1.29, 1.82) is 0 Å². The molecule has 0 aromatic rings. The number of nitrogens with zero attached hydrogens (tertiary/aromatic N) is 1. The molecule has 0 aliphatic carbocycles. The Hall–Kier alpha value is -0.610. The third-order valence-corrected chi connectivity index (χ3v) is 2.63. The normalized spacial score (nSPS) is 19.3. The van der Waals surface area contributed by atoms with Crippen LogP contribution in [0.2, 0.25) is 0 Å². The minimum Gasteiger partial charge on any atom is -0.389 e. The van der Waals surface area contributed by atoms with Crippen molar-refractivity contribution in [1.82, 2.24) is 10.2 Å². The summed E-state index contributed by atoms with van der Waals surface area (Å²) in [4.78, 5) is 13.7. The average molecular weight is 214 g/mol. The zero-order valence-electron chi connectivity index (χ0n) is 9.92. The minimum atomic E-state index is -0.764. The molecular weight excluding hydrogens is 192 g/mol. The zero-order chi connectivity index (χ0) is 11.5. The van der Waals surface area contributed by atoms with Crippen LogP contribution in [-0.4, -0.2) is 47.2 Å². The standard InChI is InChI=1S/C11H22N2O2/c1-9(12-8-11(2,3)15)10(14)13-6-4-5-7-13/h9,12,15H,4-8H2,1-3H3. The molecule has 1 aliphatic heterocycles. The van der Waals surface area contributed by atoms with Gasteiger partial charge in [0.25, 0.3) is 0 Å². The molecule has 0 aromatic carbocycles. The summed E-state index contributed by atoms with van der Waals surface area (Å²) in [6.07, 6.45) is 2.23. The monoisotopic (exact) mass is 214 g/mol. The van der Waals surface area contributed by atoms with E-state index < -0.39 is 5.60 Å². The Bertz CT molecular complexity index is 217. The van der Waals surface area contributed by atoms with Crippen LogP contribution < -0.4 is 5.32 Å². The Balaban J connectivity index is 2.32. The molecule has 0 aromatic heterocycles. The fourth-order valence-corrected chi connectivity index (χ4v) is 1.70. The van der Waals surface area contributed by atoms with E-state index in [2.05, 4.69) is 5.32 Å². The summed E-state index contributed by atoms with van der Waals surface area (Å²) in [5, 5.41) is 12.6. The number of hydrogen-bond donors (Lipinski definition) is 2. The molecular formula is C11H22N2O2. The molecule has 1 amide bonds. The van der Waals surface area contributed by atoms with Gasteiger partial charge in [0.2, 0.25) is 5.91 Å². The number of carbonyl (C=O) groups excluding carboxylic acids is 1. The first-order valence-corrected chi connectivity index (χ1v) is 5.65. The molecule has 4 heteroatoms. The number of hydrogen-bond acceptors (Lipinski definition) is 3. The number of aliphatic hydroxyl groups is 1. The first-order valence-electron chi connectivity index (χ1n) is 5.65. The van der Waals surface area contributed by atoms with E-state index in [-0.39, 0.29) is 11.9 Å². The van der Waals surface area contributed by atoms with Crippen molar-refractivity contribution >= 4 is 5.91 Å². The third kappa shape index (κ3) is 4.18. The molecule has 0 radical (unpaired) electrons. The summed E-state index contributed by atoms with van der Waals surface area (Å²) in [5.41, 5.74) is -0.764. The number of likely N-dealkylation sites (tertiary alicyclic amines) is 1. The predicted molar refractivity (Wildman–Crippen MR) is 59.6 cm³/mol. The summed E-state index contributed by atoms with van der Waals surface area (Å²) in [7, 11) is 0. The quantitative estimate of drug-likeness (QED) is 0.710. The van der Waals surface area contributed by atoms with Crippen LogP contribution in [-0.2, 0) is 4.79 Å². The van der Waals surface area contributed by atoms with Crippen molar-refractivity contribution < 1.29 is 9.90 Å². The maximum Gasteiger partial charge on any atom is 0.239 e. The first-order chi connectivity index (χ1) is 6.90. The van der Waals surface area contributed by atoms with Gasteiger partial charge in [-0.2, -0.15) is 0 Å². The van der Waals surface area contributed by atoms with Crippen LogP contribution in [0.5, 0.6) is 0 Å². The van der Waals surface area contributed by atoms with Crippen molar-refractivity contribution in [2.45, 2.75) is 45.3 Å². The van der Waals surface area contributed by atoms with E-state index in [0.29, 0.717) is 6.54 Å². The largest absolute Gasteiger partial charge is 0.389 e. The maximum absolute atomic E-state index is 11.8. The van der Waals surface area contributed by atoms with Crippen molar-refractivity contribution in [3.8, 4) is 0 Å². The van der Waals surface area contributed by atoms with E-state index in [1.54, 1.807) is 13.8 Å². The Morgan fingerprint density at radius 3 is 2.47 bits per heavy atom. The Morgan fingerprint density at radius 1 is 1.47 bits per heavy atom. The molecule has 0 saturated carbocycles. The van der Waals surface area contributed by atoms with Crippen LogP contribution in [0.3, 0.4) is 0 Å². The number of amides is 1. The average Bonchev–Trinajstić information content (AvgIpc) is 2.64. The fourth-order valence-electron chi connectivity index (χ4n) is 1.70. The topological polar surface area (TPSA) is 52.6 Å². The highest BCUT2D eigenvalue weighted by Crippen LogP contribution is 2.09. The van der Waals surface area contributed by atoms with E-state index >= 15 is 0 Å². The maximum atomic E-state index is 11.8. The van der Waals surface area contributed by atoms with Crippen molar-refractivity contribution in [3.63, 3.8) is 0 Å². The van der Waals surface area contributed by atoms with Crippen LogP contribution in [0.4, 0.5) is 0 Å². The lowest BCUT2D eigenvalue weighted by Gasteiger charge is -2.24.